The van der Waals surface area contributed by atoms with Crippen LogP contribution in [0.25, 0.3) is 0 Å². The first-order chi connectivity index (χ1) is 9.25. The Morgan fingerprint density at radius 3 is 2.55 bits per heavy atom. The monoisotopic (exact) mass is 311 g/mol. The third-order valence-electron chi connectivity index (χ3n) is 2.74. The van der Waals surface area contributed by atoms with Gasteiger partial charge in [-0.05, 0) is 6.92 Å². The average molecular weight is 312 g/mol. The third-order valence-corrected chi connectivity index (χ3v) is 3.96. The highest BCUT2D eigenvalue weighted by Crippen LogP contribution is 2.28. The lowest BCUT2D eigenvalue weighted by molar-refractivity contribution is 0.569. The minimum absolute atomic E-state index is 0.0291. The lowest BCUT2D eigenvalue weighted by Gasteiger charge is -2.15. The lowest BCUT2D eigenvalue weighted by Crippen LogP contribution is -2.13. The number of nitrogens with one attached hydrogen (secondary N) is 1. The van der Waals surface area contributed by atoms with Crippen LogP contribution in [0.2, 0.25) is 5.15 Å². The van der Waals surface area contributed by atoms with Crippen LogP contribution in [0.5, 0.6) is 0 Å². The molecule has 0 aliphatic heterocycles. The fourth-order valence-corrected chi connectivity index (χ4v) is 2.87. The third kappa shape index (κ3) is 3.58. The molecule has 0 spiro atoms. The predicted octanol–water partition coefficient (Wildman–Crippen LogP) is 3.64. The number of hydrogen-bond acceptors (Lipinski definition) is 6. The molecule has 0 radical (unpaired) electrons. The van der Waals surface area contributed by atoms with Gasteiger partial charge in [-0.15, -0.1) is 11.3 Å². The van der Waals surface area contributed by atoms with Crippen LogP contribution >= 0.6 is 22.9 Å². The standard InChI is InChI=1S/C13H18ClN5S/c1-7(11-17-8(6-20-11)13(2,3)4)16-10-5-9(14)18-12(15)19-10/h5-7H,1-4H3,(H3,15,16,18,19). The second-order valence-electron chi connectivity index (χ2n) is 5.62. The molecule has 0 saturated heterocycles. The Bertz CT molecular complexity index is 585. The number of rotatable bonds is 3. The minimum Gasteiger partial charge on any atom is -0.368 e. The molecule has 2 heterocycles. The second-order valence-corrected chi connectivity index (χ2v) is 6.90. The van der Waals surface area contributed by atoms with Gasteiger partial charge in [-0.3, -0.25) is 0 Å². The number of halogens is 1. The highest BCUT2D eigenvalue weighted by molar-refractivity contribution is 7.09. The van der Waals surface area contributed by atoms with Crippen LogP contribution in [0, 0.1) is 0 Å². The predicted molar refractivity (Wildman–Crippen MR) is 84.3 cm³/mol. The van der Waals surface area contributed by atoms with E-state index in [1.165, 1.54) is 0 Å². The molecule has 108 valence electrons. The van der Waals surface area contributed by atoms with E-state index in [-0.39, 0.29) is 17.4 Å². The molecule has 0 amide bonds. The van der Waals surface area contributed by atoms with Crippen LogP contribution in [0.15, 0.2) is 11.4 Å². The van der Waals surface area contributed by atoms with Crippen molar-refractivity contribution < 1.29 is 0 Å². The molecule has 2 aromatic rings. The van der Waals surface area contributed by atoms with Gasteiger partial charge in [0.15, 0.2) is 0 Å². The van der Waals surface area contributed by atoms with E-state index in [0.717, 1.165) is 10.7 Å². The summed E-state index contributed by atoms with van der Waals surface area (Å²) in [7, 11) is 0. The van der Waals surface area contributed by atoms with E-state index in [1.807, 2.05) is 6.92 Å². The van der Waals surface area contributed by atoms with Crippen molar-refractivity contribution in [3.8, 4) is 0 Å². The summed E-state index contributed by atoms with van der Waals surface area (Å²) < 4.78 is 0. The number of nitrogens with zero attached hydrogens (tertiary/aromatic N) is 3. The van der Waals surface area contributed by atoms with Crippen LogP contribution in [-0.4, -0.2) is 15.0 Å². The summed E-state index contributed by atoms with van der Waals surface area (Å²) in [4.78, 5) is 12.6. The molecule has 0 fully saturated rings. The molecule has 3 N–H and O–H groups in total. The molecular weight excluding hydrogens is 294 g/mol. The normalized spacial score (nSPS) is 13.2. The zero-order valence-corrected chi connectivity index (χ0v) is 13.5. The van der Waals surface area contributed by atoms with E-state index < -0.39 is 0 Å². The Morgan fingerprint density at radius 2 is 2.00 bits per heavy atom. The van der Waals surface area contributed by atoms with Crippen molar-refractivity contribution in [1.82, 2.24) is 15.0 Å². The fraction of sp³-hybridized carbons (Fsp3) is 0.462. The van der Waals surface area contributed by atoms with Gasteiger partial charge in [-0.25, -0.2) is 9.97 Å². The lowest BCUT2D eigenvalue weighted by atomic mass is 9.93. The zero-order valence-electron chi connectivity index (χ0n) is 11.9. The van der Waals surface area contributed by atoms with Gasteiger partial charge < -0.3 is 11.1 Å². The molecule has 1 atom stereocenters. The van der Waals surface area contributed by atoms with Gasteiger partial charge in [0.2, 0.25) is 5.95 Å². The summed E-state index contributed by atoms with van der Waals surface area (Å²) in [6.45, 7) is 8.47. The summed E-state index contributed by atoms with van der Waals surface area (Å²) in [6.07, 6.45) is 0. The van der Waals surface area contributed by atoms with Crippen molar-refractivity contribution in [3.63, 3.8) is 0 Å². The minimum atomic E-state index is 0.0291. The fourth-order valence-electron chi connectivity index (χ4n) is 1.62. The Kier molecular flexibility index (Phi) is 4.15. The molecule has 1 unspecified atom stereocenters. The molecule has 0 aromatic carbocycles. The largest absolute Gasteiger partial charge is 0.368 e. The number of nitrogen functional groups attached to an aromatic ring is 1. The number of aromatic nitrogens is 3. The SMILES string of the molecule is CC(Nc1cc(Cl)nc(N)n1)c1nc(C(C)(C)C)cs1. The Morgan fingerprint density at radius 1 is 1.30 bits per heavy atom. The van der Waals surface area contributed by atoms with Crippen LogP contribution in [0.4, 0.5) is 11.8 Å². The van der Waals surface area contributed by atoms with Gasteiger partial charge in [0.25, 0.3) is 0 Å². The maximum atomic E-state index is 5.86. The average Bonchev–Trinajstić information content (AvgIpc) is 2.75. The molecule has 0 aliphatic rings. The Hall–Kier alpha value is -1.40. The van der Waals surface area contributed by atoms with Gasteiger partial charge in [0.1, 0.15) is 16.0 Å². The molecule has 0 aliphatic carbocycles. The van der Waals surface area contributed by atoms with Crippen molar-refractivity contribution in [1.29, 1.82) is 0 Å². The number of anilines is 2. The topological polar surface area (TPSA) is 76.7 Å². The molecule has 7 heteroatoms. The summed E-state index contributed by atoms with van der Waals surface area (Å²) in [5.41, 5.74) is 6.72. The first kappa shape index (κ1) is 15.0. The summed E-state index contributed by atoms with van der Waals surface area (Å²) in [6, 6.07) is 1.67. The van der Waals surface area contributed by atoms with Crippen LogP contribution in [-0.2, 0) is 5.41 Å². The van der Waals surface area contributed by atoms with Crippen molar-refractivity contribution in [2.45, 2.75) is 39.2 Å². The highest BCUT2D eigenvalue weighted by atomic mass is 35.5. The first-order valence-corrected chi connectivity index (χ1v) is 7.54. The van der Waals surface area contributed by atoms with Crippen LogP contribution < -0.4 is 11.1 Å². The van der Waals surface area contributed by atoms with Gasteiger partial charge in [0, 0.05) is 16.9 Å². The molecule has 5 nitrogen and oxygen atoms in total. The zero-order chi connectivity index (χ0) is 14.9. The second kappa shape index (κ2) is 5.54. The number of hydrogen-bond donors (Lipinski definition) is 2. The summed E-state index contributed by atoms with van der Waals surface area (Å²) >= 11 is 7.49. The quantitative estimate of drug-likeness (QED) is 0.846. The molecule has 2 aromatic heterocycles. The number of thiazole rings is 1. The van der Waals surface area contributed by atoms with Crippen molar-refractivity contribution in [3.05, 3.63) is 27.3 Å². The van der Waals surface area contributed by atoms with E-state index in [4.69, 9.17) is 17.3 Å². The Labute approximate surface area is 127 Å². The first-order valence-electron chi connectivity index (χ1n) is 6.28. The van der Waals surface area contributed by atoms with Gasteiger partial charge in [-0.1, -0.05) is 32.4 Å². The van der Waals surface area contributed by atoms with Gasteiger partial charge in [-0.2, -0.15) is 4.98 Å². The van der Waals surface area contributed by atoms with E-state index in [0.29, 0.717) is 11.0 Å². The maximum Gasteiger partial charge on any atom is 0.223 e. The van der Waals surface area contributed by atoms with Crippen molar-refractivity contribution in [2.24, 2.45) is 0 Å². The summed E-state index contributed by atoms with van der Waals surface area (Å²) in [5, 5.41) is 6.65. The van der Waals surface area contributed by atoms with Crippen LogP contribution in [0.1, 0.15) is 44.4 Å². The number of nitrogens with two attached hydrogens (primary N) is 1. The van der Waals surface area contributed by atoms with E-state index >= 15 is 0 Å². The summed E-state index contributed by atoms with van der Waals surface area (Å²) in [5.74, 6) is 0.754. The van der Waals surface area contributed by atoms with Crippen molar-refractivity contribution >= 4 is 34.7 Å². The molecule has 0 bridgehead atoms. The molecular formula is C13H18ClN5S. The Balaban J connectivity index is 2.15. The van der Waals surface area contributed by atoms with Gasteiger partial charge >= 0.3 is 0 Å². The maximum absolute atomic E-state index is 5.86. The van der Waals surface area contributed by atoms with Crippen LogP contribution in [0.3, 0.4) is 0 Å². The van der Waals surface area contributed by atoms with E-state index in [2.05, 4.69) is 46.4 Å². The molecule has 20 heavy (non-hydrogen) atoms. The molecule has 0 saturated carbocycles. The highest BCUT2D eigenvalue weighted by Gasteiger charge is 2.19. The van der Waals surface area contributed by atoms with E-state index in [9.17, 15) is 0 Å². The van der Waals surface area contributed by atoms with E-state index in [1.54, 1.807) is 17.4 Å². The van der Waals surface area contributed by atoms with Gasteiger partial charge in [0.05, 0.1) is 11.7 Å². The molecule has 2 rings (SSSR count). The van der Waals surface area contributed by atoms with Crippen molar-refractivity contribution in [2.75, 3.05) is 11.1 Å². The smallest absolute Gasteiger partial charge is 0.223 e.